The van der Waals surface area contributed by atoms with Gasteiger partial charge in [-0.25, -0.2) is 0 Å². The third kappa shape index (κ3) is 3.11. The molecular weight excluding hydrogens is 354 g/mol. The van der Waals surface area contributed by atoms with Gasteiger partial charge in [-0.2, -0.15) is 0 Å². The normalized spacial score (nSPS) is 11.1. The highest BCUT2D eigenvalue weighted by atomic mass is 19.1. The highest BCUT2D eigenvalue weighted by Gasteiger charge is 2.15. The SMILES string of the molecule is F[B]Cc1ccc(-c2c3ccccc3c(-c3ccccc3)c3ccccc23)cc1. The number of halogens is 1. The lowest BCUT2D eigenvalue weighted by Gasteiger charge is -2.17. The van der Waals surface area contributed by atoms with Crippen LogP contribution in [-0.4, -0.2) is 7.56 Å². The van der Waals surface area contributed by atoms with E-state index in [-0.39, 0.29) is 0 Å². The summed E-state index contributed by atoms with van der Waals surface area (Å²) in [5.41, 5.74) is 5.85. The van der Waals surface area contributed by atoms with E-state index in [0.717, 1.165) is 11.1 Å². The predicted octanol–water partition coefficient (Wildman–Crippen LogP) is 7.42. The highest BCUT2D eigenvalue weighted by Crippen LogP contribution is 2.43. The summed E-state index contributed by atoms with van der Waals surface area (Å²) in [6.45, 7) is 0. The topological polar surface area (TPSA) is 0 Å². The Morgan fingerprint density at radius 1 is 0.483 bits per heavy atom. The first-order valence-electron chi connectivity index (χ1n) is 9.87. The average molecular weight is 373 g/mol. The van der Waals surface area contributed by atoms with Crippen molar-refractivity contribution in [1.29, 1.82) is 0 Å². The van der Waals surface area contributed by atoms with Gasteiger partial charge in [0.2, 0.25) is 0 Å². The van der Waals surface area contributed by atoms with E-state index >= 15 is 0 Å². The molecule has 0 heterocycles. The predicted molar refractivity (Wildman–Crippen MR) is 123 cm³/mol. The van der Waals surface area contributed by atoms with Crippen molar-refractivity contribution in [3.05, 3.63) is 109 Å². The van der Waals surface area contributed by atoms with Crippen LogP contribution in [0.5, 0.6) is 0 Å². The van der Waals surface area contributed by atoms with E-state index in [1.54, 1.807) is 0 Å². The summed E-state index contributed by atoms with van der Waals surface area (Å²) in [6, 6.07) is 36.1. The molecule has 5 aromatic rings. The molecule has 1 radical (unpaired) electrons. The van der Waals surface area contributed by atoms with Crippen molar-refractivity contribution in [2.75, 3.05) is 0 Å². The largest absolute Gasteiger partial charge is 0.359 e. The molecule has 2 heteroatoms. The zero-order chi connectivity index (χ0) is 19.6. The molecule has 0 aliphatic rings. The van der Waals surface area contributed by atoms with Gasteiger partial charge in [0.25, 0.3) is 0 Å². The molecule has 0 aliphatic heterocycles. The first kappa shape index (κ1) is 17.7. The minimum Gasteiger partial charge on any atom is -0.342 e. The first-order valence-corrected chi connectivity index (χ1v) is 9.87. The molecule has 137 valence electrons. The van der Waals surface area contributed by atoms with E-state index in [0.29, 0.717) is 13.9 Å². The van der Waals surface area contributed by atoms with Crippen LogP contribution in [0.15, 0.2) is 103 Å². The standard InChI is InChI=1S/C27H19BF/c29-28-18-19-14-16-21(17-15-19)27-24-12-6-4-10-22(24)26(20-8-2-1-3-9-20)23-11-5-7-13-25(23)27/h1-17H,18H2. The molecule has 5 rings (SSSR count). The molecule has 5 aromatic carbocycles. The summed E-state index contributed by atoms with van der Waals surface area (Å²) >= 11 is 0. The van der Waals surface area contributed by atoms with Gasteiger partial charge in [0.05, 0.1) is 0 Å². The summed E-state index contributed by atoms with van der Waals surface area (Å²) < 4.78 is 12.6. The molecule has 0 nitrogen and oxygen atoms in total. The Morgan fingerprint density at radius 3 is 1.34 bits per heavy atom. The van der Waals surface area contributed by atoms with Crippen LogP contribution in [0.3, 0.4) is 0 Å². The molecule has 0 aliphatic carbocycles. The maximum atomic E-state index is 12.6. The first-order chi connectivity index (χ1) is 14.4. The van der Waals surface area contributed by atoms with Crippen molar-refractivity contribution < 1.29 is 4.32 Å². The van der Waals surface area contributed by atoms with Crippen LogP contribution in [0.2, 0.25) is 0 Å². The van der Waals surface area contributed by atoms with Crippen LogP contribution in [-0.2, 0) is 6.32 Å². The Hall–Kier alpha value is -3.39. The van der Waals surface area contributed by atoms with Crippen molar-refractivity contribution in [3.8, 4) is 22.3 Å². The number of fused-ring (bicyclic) bond motifs is 2. The molecule has 0 N–H and O–H groups in total. The van der Waals surface area contributed by atoms with E-state index in [1.165, 1.54) is 38.2 Å². The van der Waals surface area contributed by atoms with Crippen LogP contribution < -0.4 is 0 Å². The number of hydrogen-bond acceptors (Lipinski definition) is 0. The lowest BCUT2D eigenvalue weighted by Crippen LogP contribution is -1.92. The number of hydrogen-bond donors (Lipinski definition) is 0. The molecule has 0 saturated heterocycles. The van der Waals surface area contributed by atoms with E-state index in [1.807, 2.05) is 12.1 Å². The second kappa shape index (κ2) is 7.56. The Balaban J connectivity index is 1.88. The molecule has 0 atom stereocenters. The van der Waals surface area contributed by atoms with Gasteiger partial charge in [-0.1, -0.05) is 109 Å². The second-order valence-electron chi connectivity index (χ2n) is 7.26. The van der Waals surface area contributed by atoms with E-state index in [9.17, 15) is 4.32 Å². The van der Waals surface area contributed by atoms with Crippen molar-refractivity contribution >= 4 is 29.1 Å². The van der Waals surface area contributed by atoms with Crippen LogP contribution in [0.4, 0.5) is 4.32 Å². The molecule has 0 amide bonds. The lowest BCUT2D eigenvalue weighted by molar-refractivity contribution is 0.859. The Bertz CT molecular complexity index is 1230. The van der Waals surface area contributed by atoms with Crippen molar-refractivity contribution in [2.24, 2.45) is 0 Å². The zero-order valence-electron chi connectivity index (χ0n) is 16.0. The third-order valence-electron chi connectivity index (χ3n) is 5.55. The molecule has 0 bridgehead atoms. The van der Waals surface area contributed by atoms with E-state index in [4.69, 9.17) is 0 Å². The van der Waals surface area contributed by atoms with Gasteiger partial charge in [0, 0.05) is 0 Å². The summed E-state index contributed by atoms with van der Waals surface area (Å²) in [7, 11) is 0.703. The quantitative estimate of drug-likeness (QED) is 0.227. The summed E-state index contributed by atoms with van der Waals surface area (Å²) in [4.78, 5) is 0. The van der Waals surface area contributed by atoms with Gasteiger partial charge in [0.1, 0.15) is 0 Å². The Kier molecular flexibility index (Phi) is 4.61. The summed E-state index contributed by atoms with van der Waals surface area (Å²) in [5, 5.41) is 4.95. The van der Waals surface area contributed by atoms with Gasteiger partial charge < -0.3 is 4.32 Å². The second-order valence-corrected chi connectivity index (χ2v) is 7.26. The molecule has 0 unspecified atom stereocenters. The molecular formula is C27H19BF. The zero-order valence-corrected chi connectivity index (χ0v) is 16.0. The van der Waals surface area contributed by atoms with Crippen LogP contribution in [0, 0.1) is 0 Å². The monoisotopic (exact) mass is 373 g/mol. The van der Waals surface area contributed by atoms with E-state index < -0.39 is 0 Å². The number of rotatable bonds is 4. The minimum atomic E-state index is 0.342. The van der Waals surface area contributed by atoms with Crippen LogP contribution >= 0.6 is 0 Å². The van der Waals surface area contributed by atoms with Gasteiger partial charge in [0.15, 0.2) is 0 Å². The van der Waals surface area contributed by atoms with Crippen molar-refractivity contribution in [3.63, 3.8) is 0 Å². The minimum absolute atomic E-state index is 0.342. The van der Waals surface area contributed by atoms with Crippen LogP contribution in [0.25, 0.3) is 43.8 Å². The maximum Gasteiger partial charge on any atom is 0.359 e. The number of benzene rings is 5. The molecule has 0 fully saturated rings. The van der Waals surface area contributed by atoms with Crippen molar-refractivity contribution in [2.45, 2.75) is 6.32 Å². The fourth-order valence-corrected chi connectivity index (χ4v) is 4.25. The maximum absolute atomic E-state index is 12.6. The van der Waals surface area contributed by atoms with Gasteiger partial charge in [-0.05, 0) is 50.1 Å². The molecule has 0 spiro atoms. The van der Waals surface area contributed by atoms with Gasteiger partial charge >= 0.3 is 7.56 Å². The fraction of sp³-hybridized carbons (Fsp3) is 0.0370. The fourth-order valence-electron chi connectivity index (χ4n) is 4.25. The summed E-state index contributed by atoms with van der Waals surface area (Å²) in [5.74, 6) is 0. The smallest absolute Gasteiger partial charge is 0.342 e. The highest BCUT2D eigenvalue weighted by molar-refractivity contribution is 6.25. The molecule has 0 saturated carbocycles. The molecule has 29 heavy (non-hydrogen) atoms. The average Bonchev–Trinajstić information content (AvgIpc) is 2.79. The van der Waals surface area contributed by atoms with Gasteiger partial charge in [-0.3, -0.25) is 0 Å². The Morgan fingerprint density at radius 2 is 0.897 bits per heavy atom. The molecule has 0 aromatic heterocycles. The Labute approximate surface area is 170 Å². The van der Waals surface area contributed by atoms with Crippen molar-refractivity contribution in [1.82, 2.24) is 0 Å². The third-order valence-corrected chi connectivity index (χ3v) is 5.55. The van der Waals surface area contributed by atoms with E-state index in [2.05, 4.69) is 91.0 Å². The van der Waals surface area contributed by atoms with Crippen LogP contribution in [0.1, 0.15) is 5.56 Å². The summed E-state index contributed by atoms with van der Waals surface area (Å²) in [6.07, 6.45) is 0.342. The van der Waals surface area contributed by atoms with Gasteiger partial charge in [-0.15, -0.1) is 0 Å². The lowest BCUT2D eigenvalue weighted by atomic mass is 9.85.